The number of rotatable bonds is 3. The summed E-state index contributed by atoms with van der Waals surface area (Å²) < 4.78 is 0. The maximum atomic E-state index is 12.8. The van der Waals surface area contributed by atoms with Crippen molar-refractivity contribution in [3.05, 3.63) is 35.9 Å². The highest BCUT2D eigenvalue weighted by molar-refractivity contribution is 5.94. The van der Waals surface area contributed by atoms with Gasteiger partial charge >= 0.3 is 0 Å². The van der Waals surface area contributed by atoms with E-state index in [-0.39, 0.29) is 11.9 Å². The molecule has 4 saturated carbocycles. The standard InChI is InChI=1S/C28H41NO2/c1-18(29-26(30)19-7-5-4-6-8-19)24-11-12-25-23-10-9-20-17-27(2,31)15-13-21(20)22(23)14-16-28(24,25)3/h4-8,18,20-25,31H,9-17H2,1-3H3,(H,29,30)/t18?,20-,21+,22-,23-,24-,25+,27-,28-/m1/s1. The molecule has 4 aliphatic carbocycles. The highest BCUT2D eigenvalue weighted by Gasteiger charge is 2.58. The molecule has 0 heterocycles. The fourth-order valence-corrected chi connectivity index (χ4v) is 8.92. The van der Waals surface area contributed by atoms with Crippen LogP contribution in [-0.2, 0) is 0 Å². The molecule has 1 unspecified atom stereocenters. The zero-order valence-electron chi connectivity index (χ0n) is 19.6. The fourth-order valence-electron chi connectivity index (χ4n) is 8.92. The van der Waals surface area contributed by atoms with Crippen LogP contribution in [0.4, 0.5) is 0 Å². The summed E-state index contributed by atoms with van der Waals surface area (Å²) in [5.41, 5.74) is 0.698. The summed E-state index contributed by atoms with van der Waals surface area (Å²) in [4.78, 5) is 12.8. The van der Waals surface area contributed by atoms with Crippen LogP contribution in [0.15, 0.2) is 30.3 Å². The summed E-state index contributed by atoms with van der Waals surface area (Å²) in [7, 11) is 0. The van der Waals surface area contributed by atoms with Crippen LogP contribution in [0.2, 0.25) is 0 Å². The molecule has 5 rings (SSSR count). The van der Waals surface area contributed by atoms with Crippen molar-refractivity contribution in [3.8, 4) is 0 Å². The average Bonchev–Trinajstić information content (AvgIpc) is 3.10. The summed E-state index contributed by atoms with van der Waals surface area (Å²) in [5.74, 6) is 4.80. The lowest BCUT2D eigenvalue weighted by Crippen LogP contribution is -2.52. The Morgan fingerprint density at radius 2 is 1.71 bits per heavy atom. The molecular weight excluding hydrogens is 382 g/mol. The number of amides is 1. The second-order valence-corrected chi connectivity index (χ2v) is 12.0. The summed E-state index contributed by atoms with van der Waals surface area (Å²) in [6.45, 7) is 6.85. The van der Waals surface area contributed by atoms with Crippen LogP contribution in [0.5, 0.6) is 0 Å². The summed E-state index contributed by atoms with van der Waals surface area (Å²) in [6, 6.07) is 9.88. The van der Waals surface area contributed by atoms with Crippen molar-refractivity contribution in [1.29, 1.82) is 0 Å². The predicted molar refractivity (Wildman–Crippen MR) is 125 cm³/mol. The van der Waals surface area contributed by atoms with Gasteiger partial charge in [-0.1, -0.05) is 25.1 Å². The van der Waals surface area contributed by atoms with Crippen molar-refractivity contribution in [1.82, 2.24) is 5.32 Å². The maximum absolute atomic E-state index is 12.8. The molecule has 4 fully saturated rings. The van der Waals surface area contributed by atoms with E-state index in [1.54, 1.807) is 0 Å². The van der Waals surface area contributed by atoms with Gasteiger partial charge in [-0.2, -0.15) is 0 Å². The Bertz CT molecular complexity index is 804. The topological polar surface area (TPSA) is 49.3 Å². The lowest BCUT2D eigenvalue weighted by Gasteiger charge is -2.57. The summed E-state index contributed by atoms with van der Waals surface area (Å²) in [5, 5.41) is 14.0. The normalized spacial score (nSPS) is 45.2. The van der Waals surface area contributed by atoms with E-state index in [1.807, 2.05) is 30.3 Å². The minimum atomic E-state index is -0.429. The SMILES string of the molecule is CC(NC(=O)c1ccccc1)[C@H]1CC[C@H]2[C@@H]3CC[C@@H]4C[C@](C)(O)CC[C@@H]4[C@H]3CC[C@]12C. The molecule has 31 heavy (non-hydrogen) atoms. The Morgan fingerprint density at radius 1 is 0.968 bits per heavy atom. The molecule has 1 amide bonds. The van der Waals surface area contributed by atoms with E-state index in [4.69, 9.17) is 0 Å². The van der Waals surface area contributed by atoms with E-state index in [0.29, 0.717) is 11.3 Å². The van der Waals surface area contributed by atoms with E-state index in [1.165, 1.54) is 44.9 Å². The van der Waals surface area contributed by atoms with Gasteiger partial charge in [0.25, 0.3) is 5.91 Å². The molecule has 1 aromatic carbocycles. The lowest BCUT2D eigenvalue weighted by atomic mass is 9.49. The first-order valence-corrected chi connectivity index (χ1v) is 12.9. The Balaban J connectivity index is 1.28. The van der Waals surface area contributed by atoms with Gasteiger partial charge in [-0.15, -0.1) is 0 Å². The van der Waals surface area contributed by atoms with Gasteiger partial charge in [0.1, 0.15) is 0 Å². The molecule has 0 bridgehead atoms. The molecule has 0 aliphatic heterocycles. The zero-order valence-corrected chi connectivity index (χ0v) is 19.6. The van der Waals surface area contributed by atoms with E-state index in [0.717, 1.165) is 48.0 Å². The second kappa shape index (κ2) is 7.90. The van der Waals surface area contributed by atoms with Crippen LogP contribution in [0.1, 0.15) is 88.9 Å². The lowest BCUT2D eigenvalue weighted by molar-refractivity contribution is -0.101. The predicted octanol–water partition coefficient (Wildman–Crippen LogP) is 5.82. The van der Waals surface area contributed by atoms with E-state index < -0.39 is 5.60 Å². The summed E-state index contributed by atoms with van der Waals surface area (Å²) in [6.07, 6.45) is 11.2. The average molecular weight is 424 g/mol. The van der Waals surface area contributed by atoms with Gasteiger partial charge < -0.3 is 10.4 Å². The third-order valence-electron chi connectivity index (χ3n) is 10.3. The first-order chi connectivity index (χ1) is 14.8. The van der Waals surface area contributed by atoms with E-state index in [2.05, 4.69) is 26.1 Å². The van der Waals surface area contributed by atoms with Gasteiger partial charge in [-0.05, 0) is 125 Å². The van der Waals surface area contributed by atoms with Gasteiger partial charge in [-0.25, -0.2) is 0 Å². The van der Waals surface area contributed by atoms with Gasteiger partial charge in [-0.3, -0.25) is 4.79 Å². The minimum absolute atomic E-state index is 0.0728. The van der Waals surface area contributed by atoms with Crippen LogP contribution in [0.3, 0.4) is 0 Å². The number of fused-ring (bicyclic) bond motifs is 5. The van der Waals surface area contributed by atoms with Gasteiger partial charge in [0.05, 0.1) is 5.60 Å². The monoisotopic (exact) mass is 423 g/mol. The van der Waals surface area contributed by atoms with E-state index >= 15 is 0 Å². The molecule has 0 radical (unpaired) electrons. The molecule has 4 aliphatic rings. The molecule has 170 valence electrons. The number of carbonyl (C=O) groups excluding carboxylic acids is 1. The number of hydrogen-bond acceptors (Lipinski definition) is 2. The number of hydrogen-bond donors (Lipinski definition) is 2. The second-order valence-electron chi connectivity index (χ2n) is 12.0. The molecule has 3 heteroatoms. The molecule has 2 N–H and O–H groups in total. The molecule has 9 atom stereocenters. The molecular formula is C28H41NO2. The Hall–Kier alpha value is -1.35. The van der Waals surface area contributed by atoms with Gasteiger partial charge in [0.2, 0.25) is 0 Å². The Morgan fingerprint density at radius 3 is 2.48 bits per heavy atom. The van der Waals surface area contributed by atoms with Crippen molar-refractivity contribution in [3.63, 3.8) is 0 Å². The van der Waals surface area contributed by atoms with Gasteiger partial charge in [0.15, 0.2) is 0 Å². The Kier molecular flexibility index (Phi) is 5.48. The Labute approximate surface area is 188 Å². The van der Waals surface area contributed by atoms with Crippen LogP contribution >= 0.6 is 0 Å². The van der Waals surface area contributed by atoms with E-state index in [9.17, 15) is 9.90 Å². The molecule has 0 saturated heterocycles. The van der Waals surface area contributed by atoms with Crippen molar-refractivity contribution in [2.75, 3.05) is 0 Å². The first-order valence-electron chi connectivity index (χ1n) is 12.9. The van der Waals surface area contributed by atoms with Crippen molar-refractivity contribution in [2.24, 2.45) is 40.9 Å². The van der Waals surface area contributed by atoms with Crippen molar-refractivity contribution in [2.45, 2.75) is 90.2 Å². The first kappa shape index (κ1) is 21.5. The number of nitrogens with one attached hydrogen (secondary N) is 1. The molecule has 0 spiro atoms. The third-order valence-corrected chi connectivity index (χ3v) is 10.3. The largest absolute Gasteiger partial charge is 0.390 e. The van der Waals surface area contributed by atoms with Crippen LogP contribution in [0.25, 0.3) is 0 Å². The third kappa shape index (κ3) is 3.75. The maximum Gasteiger partial charge on any atom is 0.251 e. The zero-order chi connectivity index (χ0) is 21.8. The summed E-state index contributed by atoms with van der Waals surface area (Å²) >= 11 is 0. The number of aliphatic hydroxyl groups is 1. The molecule has 3 nitrogen and oxygen atoms in total. The highest BCUT2D eigenvalue weighted by Crippen LogP contribution is 2.65. The van der Waals surface area contributed by atoms with Crippen LogP contribution in [0, 0.1) is 40.9 Å². The van der Waals surface area contributed by atoms with Crippen molar-refractivity contribution < 1.29 is 9.90 Å². The highest BCUT2D eigenvalue weighted by atomic mass is 16.3. The molecule has 0 aromatic heterocycles. The van der Waals surface area contributed by atoms with Gasteiger partial charge in [0, 0.05) is 11.6 Å². The number of benzene rings is 1. The smallest absolute Gasteiger partial charge is 0.251 e. The quantitative estimate of drug-likeness (QED) is 0.643. The minimum Gasteiger partial charge on any atom is -0.390 e. The van der Waals surface area contributed by atoms with Crippen LogP contribution < -0.4 is 5.32 Å². The van der Waals surface area contributed by atoms with Crippen LogP contribution in [-0.4, -0.2) is 22.7 Å². The molecule has 1 aromatic rings. The fraction of sp³-hybridized carbons (Fsp3) is 0.750. The van der Waals surface area contributed by atoms with Crippen molar-refractivity contribution >= 4 is 5.91 Å². The number of carbonyl (C=O) groups is 1.